The molecule has 6 N–H and O–H groups in total. The highest BCUT2D eigenvalue weighted by atomic mass is 19.3. The van der Waals surface area contributed by atoms with Gasteiger partial charge in [0.2, 0.25) is 0 Å². The van der Waals surface area contributed by atoms with Crippen molar-refractivity contribution < 1.29 is 22.3 Å². The van der Waals surface area contributed by atoms with Gasteiger partial charge in [-0.3, -0.25) is 0 Å². The second kappa shape index (κ2) is 7.24. The molecule has 0 saturated heterocycles. The van der Waals surface area contributed by atoms with Crippen molar-refractivity contribution in [3.63, 3.8) is 0 Å². The van der Waals surface area contributed by atoms with Crippen LogP contribution in [0.2, 0.25) is 0 Å². The van der Waals surface area contributed by atoms with Crippen LogP contribution in [0.1, 0.15) is 11.1 Å². The summed E-state index contributed by atoms with van der Waals surface area (Å²) in [5, 5.41) is 8.78. The van der Waals surface area contributed by atoms with Gasteiger partial charge >= 0.3 is 6.11 Å². The van der Waals surface area contributed by atoms with E-state index in [4.69, 9.17) is 22.5 Å². The Bertz CT molecular complexity index is 1100. The van der Waals surface area contributed by atoms with Gasteiger partial charge in [-0.25, -0.2) is 8.78 Å². The Morgan fingerprint density at radius 1 is 0.862 bits per heavy atom. The maximum Gasteiger partial charge on any atom is 0.431 e. The van der Waals surface area contributed by atoms with Crippen LogP contribution in [0.25, 0.3) is 11.1 Å². The third-order valence-corrected chi connectivity index (χ3v) is 4.14. The van der Waals surface area contributed by atoms with Gasteiger partial charge in [-0.2, -0.15) is 14.0 Å². The number of halogens is 4. The number of benzene rings is 3. The molecule has 0 aliphatic carbocycles. The molecule has 0 unspecified atom stereocenters. The van der Waals surface area contributed by atoms with E-state index in [9.17, 15) is 17.6 Å². The van der Waals surface area contributed by atoms with E-state index in [0.29, 0.717) is 17.3 Å². The van der Waals surface area contributed by atoms with Crippen LogP contribution in [0.4, 0.5) is 34.6 Å². The van der Waals surface area contributed by atoms with Gasteiger partial charge in [-0.05, 0) is 23.8 Å². The SMILES string of the molecule is N#Cc1c(N)cc(OC(F)(F)c2c(N)cc(-c3ccccc3N)cc2F)cc1F. The maximum atomic E-state index is 14.6. The van der Waals surface area contributed by atoms with E-state index in [-0.39, 0.29) is 5.56 Å². The highest BCUT2D eigenvalue weighted by molar-refractivity contribution is 5.79. The zero-order valence-electron chi connectivity index (χ0n) is 14.7. The molecule has 0 spiro atoms. The summed E-state index contributed by atoms with van der Waals surface area (Å²) < 4.78 is 62.1. The van der Waals surface area contributed by atoms with Crippen molar-refractivity contribution in [2.75, 3.05) is 17.2 Å². The Morgan fingerprint density at radius 2 is 1.55 bits per heavy atom. The lowest BCUT2D eigenvalue weighted by atomic mass is 10.00. The van der Waals surface area contributed by atoms with E-state index < -0.39 is 46.0 Å². The number of rotatable bonds is 4. The van der Waals surface area contributed by atoms with Crippen molar-refractivity contribution in [2.24, 2.45) is 0 Å². The summed E-state index contributed by atoms with van der Waals surface area (Å²) in [5.41, 5.74) is 15.1. The predicted octanol–water partition coefficient (Wildman–Crippen LogP) is 4.38. The van der Waals surface area contributed by atoms with Gasteiger partial charge in [0.15, 0.2) is 0 Å². The second-order valence-corrected chi connectivity index (χ2v) is 6.11. The van der Waals surface area contributed by atoms with Gasteiger partial charge in [0.1, 0.15) is 34.6 Å². The minimum atomic E-state index is -4.25. The number of anilines is 3. The number of nitrogens with two attached hydrogens (primary N) is 3. The summed E-state index contributed by atoms with van der Waals surface area (Å²) in [7, 11) is 0. The summed E-state index contributed by atoms with van der Waals surface area (Å²) in [6, 6.07) is 11.3. The van der Waals surface area contributed by atoms with Crippen LogP contribution in [0.15, 0.2) is 48.5 Å². The van der Waals surface area contributed by atoms with Gasteiger partial charge in [0.25, 0.3) is 0 Å². The molecule has 0 aromatic heterocycles. The minimum Gasteiger partial charge on any atom is -0.429 e. The van der Waals surface area contributed by atoms with E-state index in [2.05, 4.69) is 4.74 Å². The third-order valence-electron chi connectivity index (χ3n) is 4.14. The molecule has 5 nitrogen and oxygen atoms in total. The first-order valence-electron chi connectivity index (χ1n) is 8.14. The molecule has 0 radical (unpaired) electrons. The fraction of sp³-hybridized carbons (Fsp3) is 0.0500. The van der Waals surface area contributed by atoms with Crippen LogP contribution in [-0.4, -0.2) is 0 Å². The van der Waals surface area contributed by atoms with Crippen LogP contribution in [0.3, 0.4) is 0 Å². The van der Waals surface area contributed by atoms with E-state index >= 15 is 0 Å². The van der Waals surface area contributed by atoms with Crippen molar-refractivity contribution in [3.05, 3.63) is 71.3 Å². The Morgan fingerprint density at radius 3 is 2.14 bits per heavy atom. The lowest BCUT2D eigenvalue weighted by molar-refractivity contribution is -0.186. The summed E-state index contributed by atoms with van der Waals surface area (Å²) in [6.07, 6.45) is -4.25. The van der Waals surface area contributed by atoms with E-state index in [1.807, 2.05) is 0 Å². The van der Waals surface area contributed by atoms with Crippen molar-refractivity contribution >= 4 is 17.1 Å². The molecule has 9 heteroatoms. The first kappa shape index (κ1) is 19.8. The molecule has 3 aromatic carbocycles. The normalized spacial score (nSPS) is 11.1. The number of nitrogens with zero attached hydrogens (tertiary/aromatic N) is 1. The van der Waals surface area contributed by atoms with E-state index in [1.54, 1.807) is 24.3 Å². The van der Waals surface area contributed by atoms with Crippen molar-refractivity contribution in [3.8, 4) is 22.9 Å². The molecule has 0 heterocycles. The zero-order valence-corrected chi connectivity index (χ0v) is 14.7. The van der Waals surface area contributed by atoms with Crippen LogP contribution >= 0.6 is 0 Å². The molecule has 3 rings (SSSR count). The highest BCUT2D eigenvalue weighted by Gasteiger charge is 2.40. The standard InChI is InChI=1S/C20H14F4N4O/c21-14-7-11(8-17(27)13(14)9-25)29-20(23,24)19-15(22)5-10(6-18(19)28)12-3-1-2-4-16(12)26/h1-8H,26-28H2. The first-order chi connectivity index (χ1) is 13.6. The highest BCUT2D eigenvalue weighted by Crippen LogP contribution is 2.40. The Labute approximate surface area is 162 Å². The molecule has 0 aliphatic heterocycles. The number of para-hydroxylation sites is 1. The predicted molar refractivity (Wildman–Crippen MR) is 101 cm³/mol. The third kappa shape index (κ3) is 3.73. The smallest absolute Gasteiger partial charge is 0.429 e. The molecule has 3 aromatic rings. The molecule has 0 aliphatic rings. The Balaban J connectivity index is 2.02. The summed E-state index contributed by atoms with van der Waals surface area (Å²) in [5.74, 6) is -3.18. The monoisotopic (exact) mass is 402 g/mol. The molecule has 148 valence electrons. The average Bonchev–Trinajstić information content (AvgIpc) is 2.60. The van der Waals surface area contributed by atoms with Crippen molar-refractivity contribution in [1.82, 2.24) is 0 Å². The second-order valence-electron chi connectivity index (χ2n) is 6.11. The summed E-state index contributed by atoms with van der Waals surface area (Å²) >= 11 is 0. The number of hydrogen-bond acceptors (Lipinski definition) is 5. The summed E-state index contributed by atoms with van der Waals surface area (Å²) in [4.78, 5) is 0. The van der Waals surface area contributed by atoms with Gasteiger partial charge in [-0.1, -0.05) is 18.2 Å². The Hall–Kier alpha value is -3.93. The fourth-order valence-corrected chi connectivity index (χ4v) is 2.83. The quantitative estimate of drug-likeness (QED) is 0.443. The average molecular weight is 402 g/mol. The fourth-order valence-electron chi connectivity index (χ4n) is 2.83. The topological polar surface area (TPSA) is 111 Å². The van der Waals surface area contributed by atoms with Crippen molar-refractivity contribution in [1.29, 1.82) is 5.26 Å². The van der Waals surface area contributed by atoms with Gasteiger partial charge < -0.3 is 21.9 Å². The van der Waals surface area contributed by atoms with Crippen LogP contribution < -0.4 is 21.9 Å². The molecule has 0 amide bonds. The van der Waals surface area contributed by atoms with E-state index in [0.717, 1.165) is 18.2 Å². The number of alkyl halides is 2. The number of nitriles is 1. The summed E-state index contributed by atoms with van der Waals surface area (Å²) in [6.45, 7) is 0. The van der Waals surface area contributed by atoms with E-state index in [1.165, 1.54) is 6.07 Å². The molecule has 29 heavy (non-hydrogen) atoms. The molecule has 0 atom stereocenters. The minimum absolute atomic E-state index is 0.200. The van der Waals surface area contributed by atoms with Crippen LogP contribution in [0, 0.1) is 23.0 Å². The molecule has 0 fully saturated rings. The zero-order chi connectivity index (χ0) is 21.3. The number of ether oxygens (including phenoxy) is 1. The number of nitrogen functional groups attached to an aromatic ring is 3. The molecular weight excluding hydrogens is 388 g/mol. The lowest BCUT2D eigenvalue weighted by Gasteiger charge is -2.21. The largest absolute Gasteiger partial charge is 0.431 e. The molecular formula is C20H14F4N4O. The first-order valence-corrected chi connectivity index (χ1v) is 8.14. The van der Waals surface area contributed by atoms with Gasteiger partial charge in [0.05, 0.1) is 5.69 Å². The van der Waals surface area contributed by atoms with Gasteiger partial charge in [0, 0.05) is 29.1 Å². The van der Waals surface area contributed by atoms with Gasteiger partial charge in [-0.15, -0.1) is 0 Å². The Kier molecular flexibility index (Phi) is 4.95. The van der Waals surface area contributed by atoms with Crippen LogP contribution in [-0.2, 0) is 6.11 Å². The van der Waals surface area contributed by atoms with Crippen molar-refractivity contribution in [2.45, 2.75) is 6.11 Å². The maximum absolute atomic E-state index is 14.6. The molecule has 0 saturated carbocycles. The lowest BCUT2D eigenvalue weighted by Crippen LogP contribution is -2.25. The van der Waals surface area contributed by atoms with Crippen LogP contribution in [0.5, 0.6) is 5.75 Å². The molecule has 0 bridgehead atoms. The number of hydrogen-bond donors (Lipinski definition) is 3.